The molecule has 1 aliphatic rings. The average molecular weight is 342 g/mol. The van der Waals surface area contributed by atoms with Gasteiger partial charge in [-0.25, -0.2) is 8.78 Å². The van der Waals surface area contributed by atoms with Crippen molar-refractivity contribution in [2.24, 2.45) is 13.0 Å². The highest BCUT2D eigenvalue weighted by Crippen LogP contribution is 2.53. The van der Waals surface area contributed by atoms with E-state index in [2.05, 4.69) is 26.1 Å². The summed E-state index contributed by atoms with van der Waals surface area (Å²) in [5.74, 6) is 0.193. The summed E-state index contributed by atoms with van der Waals surface area (Å²) in [6.07, 6.45) is 0.162. The van der Waals surface area contributed by atoms with E-state index in [-0.39, 0.29) is 0 Å². The average Bonchev–Trinajstić information content (AvgIpc) is 2.75. The summed E-state index contributed by atoms with van der Waals surface area (Å²) in [5.41, 5.74) is 0.565. The van der Waals surface area contributed by atoms with Crippen LogP contribution in [0.1, 0.15) is 24.2 Å². The Morgan fingerprint density at radius 2 is 2.15 bits per heavy atom. The Labute approximate surface area is 124 Å². The molecule has 0 aliphatic heterocycles. The van der Waals surface area contributed by atoms with Gasteiger partial charge in [-0.2, -0.15) is 0 Å². The van der Waals surface area contributed by atoms with Gasteiger partial charge in [-0.1, -0.05) is 28.1 Å². The molecule has 106 valence electrons. The van der Waals surface area contributed by atoms with Gasteiger partial charge in [-0.15, -0.1) is 10.2 Å². The van der Waals surface area contributed by atoms with Gasteiger partial charge in [0.05, 0.1) is 5.41 Å². The summed E-state index contributed by atoms with van der Waals surface area (Å²) in [5, 5.41) is 8.06. The Hall–Kier alpha value is -1.30. The van der Waals surface area contributed by atoms with Crippen molar-refractivity contribution in [1.29, 1.82) is 0 Å². The minimum absolute atomic E-state index is 0.410. The van der Waals surface area contributed by atoms with Crippen LogP contribution in [0, 0.1) is 5.92 Å². The maximum absolute atomic E-state index is 12.9. The molecule has 1 heterocycles. The van der Waals surface area contributed by atoms with Crippen LogP contribution in [0.5, 0.6) is 0 Å². The zero-order valence-corrected chi connectivity index (χ0v) is 12.5. The number of alkyl halides is 2. The van der Waals surface area contributed by atoms with E-state index in [0.717, 1.165) is 15.9 Å². The Balaban J connectivity index is 2.05. The maximum atomic E-state index is 12.9. The first-order valence-corrected chi connectivity index (χ1v) is 7.21. The molecule has 0 radical (unpaired) electrons. The molecule has 0 saturated heterocycles. The van der Waals surface area contributed by atoms with Crippen molar-refractivity contribution in [1.82, 2.24) is 14.8 Å². The Morgan fingerprint density at radius 1 is 1.40 bits per heavy atom. The number of halogens is 3. The molecule has 0 atom stereocenters. The largest absolute Gasteiger partial charge is 0.320 e. The van der Waals surface area contributed by atoms with Crippen molar-refractivity contribution < 1.29 is 8.78 Å². The van der Waals surface area contributed by atoms with Crippen LogP contribution in [0.2, 0.25) is 0 Å². The summed E-state index contributed by atoms with van der Waals surface area (Å²) >= 11 is 3.44. The van der Waals surface area contributed by atoms with E-state index in [0.29, 0.717) is 12.8 Å². The highest BCUT2D eigenvalue weighted by Gasteiger charge is 2.52. The third-order valence-corrected chi connectivity index (χ3v) is 4.59. The zero-order valence-electron chi connectivity index (χ0n) is 10.9. The molecule has 3 rings (SSSR count). The number of nitrogens with zero attached hydrogens (tertiary/aromatic N) is 3. The Morgan fingerprint density at radius 3 is 2.70 bits per heavy atom. The van der Waals surface area contributed by atoms with Gasteiger partial charge in [-0.05, 0) is 30.5 Å². The molecule has 0 amide bonds. The third-order valence-electron chi connectivity index (χ3n) is 4.09. The highest BCUT2D eigenvalue weighted by atomic mass is 79.9. The van der Waals surface area contributed by atoms with Crippen molar-refractivity contribution in [3.05, 3.63) is 46.5 Å². The summed E-state index contributed by atoms with van der Waals surface area (Å²) in [4.78, 5) is 0. The molecule has 0 bridgehead atoms. The standard InChI is InChI=1S/C14H14BrF2N3/c1-20-8-18-19-13(20)14(6-9(7-14)12(16)17)10-3-2-4-11(15)5-10/h2-5,8-9,12H,6-7H2,1H3. The van der Waals surface area contributed by atoms with Crippen molar-refractivity contribution in [2.45, 2.75) is 24.7 Å². The van der Waals surface area contributed by atoms with Crippen molar-refractivity contribution in [3.63, 3.8) is 0 Å². The van der Waals surface area contributed by atoms with Gasteiger partial charge in [0.15, 0.2) is 0 Å². The predicted octanol–water partition coefficient (Wildman–Crippen LogP) is 3.54. The monoisotopic (exact) mass is 341 g/mol. The van der Waals surface area contributed by atoms with Crippen LogP contribution in [-0.4, -0.2) is 21.2 Å². The van der Waals surface area contributed by atoms with E-state index in [4.69, 9.17) is 0 Å². The molecule has 1 aliphatic carbocycles. The van der Waals surface area contributed by atoms with Gasteiger partial charge < -0.3 is 4.57 Å². The van der Waals surface area contributed by atoms with E-state index in [1.807, 2.05) is 35.9 Å². The Kier molecular flexibility index (Phi) is 3.36. The predicted molar refractivity (Wildman–Crippen MR) is 74.7 cm³/mol. The SMILES string of the molecule is Cn1cnnc1C1(c2cccc(Br)c2)CC(C(F)F)C1. The van der Waals surface area contributed by atoms with Gasteiger partial charge in [-0.3, -0.25) is 0 Å². The number of hydrogen-bond acceptors (Lipinski definition) is 2. The van der Waals surface area contributed by atoms with Gasteiger partial charge in [0.1, 0.15) is 12.2 Å². The van der Waals surface area contributed by atoms with Gasteiger partial charge in [0.25, 0.3) is 0 Å². The minimum Gasteiger partial charge on any atom is -0.320 e. The van der Waals surface area contributed by atoms with Crippen LogP contribution >= 0.6 is 15.9 Å². The van der Waals surface area contributed by atoms with E-state index in [1.165, 1.54) is 0 Å². The summed E-state index contributed by atoms with van der Waals surface area (Å²) in [6, 6.07) is 7.81. The molecule has 1 aromatic carbocycles. The maximum Gasteiger partial charge on any atom is 0.241 e. The summed E-state index contributed by atoms with van der Waals surface area (Å²) in [6.45, 7) is 0. The van der Waals surface area contributed by atoms with Crippen LogP contribution in [0.4, 0.5) is 8.78 Å². The molecular weight excluding hydrogens is 328 g/mol. The molecule has 1 aromatic heterocycles. The first-order chi connectivity index (χ1) is 9.53. The van der Waals surface area contributed by atoms with Gasteiger partial charge in [0, 0.05) is 17.4 Å². The summed E-state index contributed by atoms with van der Waals surface area (Å²) < 4.78 is 28.6. The number of hydrogen-bond donors (Lipinski definition) is 0. The first kappa shape index (κ1) is 13.7. The number of rotatable bonds is 3. The highest BCUT2D eigenvalue weighted by molar-refractivity contribution is 9.10. The minimum atomic E-state index is -2.27. The summed E-state index contributed by atoms with van der Waals surface area (Å²) in [7, 11) is 1.85. The molecular formula is C14H14BrF2N3. The van der Waals surface area contributed by atoms with E-state index in [1.54, 1.807) is 6.33 Å². The van der Waals surface area contributed by atoms with Crippen LogP contribution in [0.15, 0.2) is 35.1 Å². The fourth-order valence-electron chi connectivity index (χ4n) is 3.06. The quantitative estimate of drug-likeness (QED) is 0.854. The normalized spacial score (nSPS) is 25.8. The molecule has 20 heavy (non-hydrogen) atoms. The Bertz CT molecular complexity index is 620. The van der Waals surface area contributed by atoms with Crippen molar-refractivity contribution in [3.8, 4) is 0 Å². The van der Waals surface area contributed by atoms with E-state index < -0.39 is 17.8 Å². The molecule has 2 aromatic rings. The van der Waals surface area contributed by atoms with Gasteiger partial charge in [0.2, 0.25) is 6.43 Å². The lowest BCUT2D eigenvalue weighted by Crippen LogP contribution is -2.46. The molecule has 3 nitrogen and oxygen atoms in total. The lowest BCUT2D eigenvalue weighted by Gasteiger charge is -2.46. The number of aryl methyl sites for hydroxylation is 1. The topological polar surface area (TPSA) is 30.7 Å². The molecule has 0 unspecified atom stereocenters. The van der Waals surface area contributed by atoms with Crippen LogP contribution < -0.4 is 0 Å². The van der Waals surface area contributed by atoms with Crippen LogP contribution in [-0.2, 0) is 12.5 Å². The molecule has 0 N–H and O–H groups in total. The van der Waals surface area contributed by atoms with Crippen LogP contribution in [0.25, 0.3) is 0 Å². The molecule has 1 fully saturated rings. The molecule has 1 saturated carbocycles. The molecule has 0 spiro atoms. The molecule has 6 heteroatoms. The zero-order chi connectivity index (χ0) is 14.3. The fourth-order valence-corrected chi connectivity index (χ4v) is 3.46. The lowest BCUT2D eigenvalue weighted by molar-refractivity contribution is -0.00430. The number of aromatic nitrogens is 3. The third kappa shape index (κ3) is 2.06. The number of benzene rings is 1. The fraction of sp³-hybridized carbons (Fsp3) is 0.429. The van der Waals surface area contributed by atoms with E-state index >= 15 is 0 Å². The second kappa shape index (κ2) is 4.91. The first-order valence-electron chi connectivity index (χ1n) is 6.41. The van der Waals surface area contributed by atoms with E-state index in [9.17, 15) is 8.78 Å². The second-order valence-corrected chi connectivity index (χ2v) is 6.28. The second-order valence-electron chi connectivity index (χ2n) is 5.36. The van der Waals surface area contributed by atoms with Crippen LogP contribution in [0.3, 0.4) is 0 Å². The lowest BCUT2D eigenvalue weighted by atomic mass is 9.58. The van der Waals surface area contributed by atoms with Crippen molar-refractivity contribution >= 4 is 15.9 Å². The van der Waals surface area contributed by atoms with Crippen molar-refractivity contribution in [2.75, 3.05) is 0 Å². The smallest absolute Gasteiger partial charge is 0.241 e. The van der Waals surface area contributed by atoms with Gasteiger partial charge >= 0.3 is 0 Å².